The number of halogens is 2. The minimum Gasteiger partial charge on any atom is -0.506 e. The molecule has 1 saturated heterocycles. The van der Waals surface area contributed by atoms with Gasteiger partial charge in [-0.2, -0.15) is 0 Å². The lowest BCUT2D eigenvalue weighted by molar-refractivity contribution is 0.102. The van der Waals surface area contributed by atoms with Gasteiger partial charge in [0.1, 0.15) is 38.6 Å². The normalized spacial score (nSPS) is 13.7. The summed E-state index contributed by atoms with van der Waals surface area (Å²) in [5.41, 5.74) is 4.74. The van der Waals surface area contributed by atoms with Crippen molar-refractivity contribution in [1.29, 1.82) is 0 Å². The monoisotopic (exact) mass is 737 g/mol. The predicted molar refractivity (Wildman–Crippen MR) is 201 cm³/mol. The number of aromatic hydroxyl groups is 1. The summed E-state index contributed by atoms with van der Waals surface area (Å²) in [6.45, 7) is 3.51. The number of hydrogen-bond acceptors (Lipinski definition) is 9. The first-order chi connectivity index (χ1) is 25.4. The highest BCUT2D eigenvalue weighted by atomic mass is 32.2. The van der Waals surface area contributed by atoms with Crippen LogP contribution in [-0.4, -0.2) is 63.9 Å². The number of sulfone groups is 1. The van der Waals surface area contributed by atoms with Gasteiger partial charge in [0.2, 0.25) is 5.95 Å². The molecule has 3 N–H and O–H groups in total. The van der Waals surface area contributed by atoms with E-state index in [9.17, 15) is 27.1 Å². The molecule has 272 valence electrons. The molecule has 14 heteroatoms. The van der Waals surface area contributed by atoms with Crippen molar-refractivity contribution >= 4 is 44.4 Å². The van der Waals surface area contributed by atoms with Gasteiger partial charge in [0.15, 0.2) is 0 Å². The van der Waals surface area contributed by atoms with Gasteiger partial charge >= 0.3 is 0 Å². The third-order valence-electron chi connectivity index (χ3n) is 9.44. The van der Waals surface area contributed by atoms with Crippen molar-refractivity contribution in [1.82, 2.24) is 19.4 Å². The summed E-state index contributed by atoms with van der Waals surface area (Å²) in [6, 6.07) is 20.8. The number of fused-ring (bicyclic) bond motifs is 1. The molecule has 3 aromatic carbocycles. The number of nitrogens with one attached hydrogen (secondary N) is 2. The summed E-state index contributed by atoms with van der Waals surface area (Å²) in [5, 5.41) is 16.6. The largest absolute Gasteiger partial charge is 0.506 e. The zero-order valence-electron chi connectivity index (χ0n) is 29.1. The van der Waals surface area contributed by atoms with Gasteiger partial charge in [-0.25, -0.2) is 32.2 Å². The molecule has 1 aliphatic heterocycles. The van der Waals surface area contributed by atoms with E-state index in [4.69, 9.17) is 9.97 Å². The molecule has 0 radical (unpaired) electrons. The highest BCUT2D eigenvalue weighted by molar-refractivity contribution is 7.90. The maximum Gasteiger partial charge on any atom is 0.255 e. The molecule has 0 bridgehead atoms. The minimum atomic E-state index is -2.99. The quantitative estimate of drug-likeness (QED) is 0.123. The Morgan fingerprint density at radius 3 is 2.47 bits per heavy atom. The smallest absolute Gasteiger partial charge is 0.255 e. The van der Waals surface area contributed by atoms with Gasteiger partial charge in [-0.15, -0.1) is 0 Å². The van der Waals surface area contributed by atoms with E-state index in [0.717, 1.165) is 49.3 Å². The van der Waals surface area contributed by atoms with E-state index < -0.39 is 33.1 Å². The fraction of sp³-hybridized carbons (Fsp3) is 0.231. The van der Waals surface area contributed by atoms with E-state index in [1.165, 1.54) is 12.3 Å². The van der Waals surface area contributed by atoms with Crippen LogP contribution in [0.5, 0.6) is 5.75 Å². The molecule has 1 amide bonds. The van der Waals surface area contributed by atoms with E-state index in [2.05, 4.69) is 20.5 Å². The number of aryl methyl sites for hydroxylation is 1. The Kier molecular flexibility index (Phi) is 9.80. The number of amides is 1. The van der Waals surface area contributed by atoms with Gasteiger partial charge in [0.25, 0.3) is 5.91 Å². The van der Waals surface area contributed by atoms with Crippen molar-refractivity contribution in [3.63, 3.8) is 0 Å². The predicted octanol–water partition coefficient (Wildman–Crippen LogP) is 7.40. The van der Waals surface area contributed by atoms with Gasteiger partial charge in [-0.3, -0.25) is 9.20 Å². The van der Waals surface area contributed by atoms with Gasteiger partial charge in [-0.05, 0) is 86.2 Å². The molecule has 0 unspecified atom stereocenters. The number of imidazole rings is 1. The van der Waals surface area contributed by atoms with Gasteiger partial charge < -0.3 is 20.6 Å². The molecule has 53 heavy (non-hydrogen) atoms. The number of anilines is 4. The van der Waals surface area contributed by atoms with E-state index >= 15 is 0 Å². The highest BCUT2D eigenvalue weighted by Gasteiger charge is 2.24. The summed E-state index contributed by atoms with van der Waals surface area (Å²) >= 11 is 0. The number of rotatable bonds is 10. The van der Waals surface area contributed by atoms with E-state index in [1.54, 1.807) is 42.6 Å². The first-order valence-electron chi connectivity index (χ1n) is 17.1. The maximum atomic E-state index is 14.3. The number of nitrogens with zero attached hydrogens (tertiary/aromatic N) is 5. The first kappa shape index (κ1) is 35.5. The van der Waals surface area contributed by atoms with Gasteiger partial charge in [0, 0.05) is 54.6 Å². The lowest BCUT2D eigenvalue weighted by Gasteiger charge is -2.34. The molecule has 0 aliphatic carbocycles. The summed E-state index contributed by atoms with van der Waals surface area (Å²) in [7, 11) is -2.99. The first-order valence-corrected chi connectivity index (χ1v) is 19.2. The molecule has 0 atom stereocenters. The summed E-state index contributed by atoms with van der Waals surface area (Å²) in [6.07, 6.45) is 7.14. The number of pyridine rings is 1. The number of phenols is 1. The van der Waals surface area contributed by atoms with Crippen molar-refractivity contribution in [3.8, 4) is 28.4 Å². The molecule has 1 aliphatic rings. The van der Waals surface area contributed by atoms with Crippen molar-refractivity contribution in [2.45, 2.75) is 26.2 Å². The van der Waals surface area contributed by atoms with Gasteiger partial charge in [0.05, 0.1) is 28.5 Å². The Balaban J connectivity index is 1.14. The van der Waals surface area contributed by atoms with Crippen LogP contribution in [0, 0.1) is 24.5 Å². The fourth-order valence-corrected chi connectivity index (χ4v) is 7.45. The maximum absolute atomic E-state index is 14.3. The molecule has 4 heterocycles. The Morgan fingerprint density at radius 1 is 0.962 bits per heavy atom. The molecule has 11 nitrogen and oxygen atoms in total. The van der Waals surface area contributed by atoms with Crippen LogP contribution >= 0.6 is 0 Å². The number of hydrogen-bond donors (Lipinski definition) is 3. The Labute approximate surface area is 305 Å². The molecular weight excluding hydrogens is 701 g/mol. The second kappa shape index (κ2) is 14.6. The highest BCUT2D eigenvalue weighted by Crippen LogP contribution is 2.37. The number of carbonyl (C=O) groups excluding carboxylic acids is 1. The Hall–Kier alpha value is -5.89. The molecule has 0 saturated carbocycles. The number of piperidine rings is 1. The molecule has 3 aromatic heterocycles. The number of carbonyl (C=O) groups is 1. The van der Waals surface area contributed by atoms with Crippen LogP contribution in [0.2, 0.25) is 0 Å². The summed E-state index contributed by atoms with van der Waals surface area (Å²) in [5.74, 6) is -1.64. The van der Waals surface area contributed by atoms with Crippen LogP contribution in [0.25, 0.3) is 28.3 Å². The minimum absolute atomic E-state index is 0.0275. The third kappa shape index (κ3) is 7.82. The van der Waals surface area contributed by atoms with Crippen molar-refractivity contribution in [3.05, 3.63) is 114 Å². The molecular formula is C39H37F2N7O4S. The summed E-state index contributed by atoms with van der Waals surface area (Å²) in [4.78, 5) is 29.4. The topological polar surface area (TPSA) is 142 Å². The van der Waals surface area contributed by atoms with Crippen molar-refractivity contribution < 1.29 is 27.1 Å². The van der Waals surface area contributed by atoms with E-state index in [1.807, 2.05) is 41.8 Å². The van der Waals surface area contributed by atoms with E-state index in [-0.39, 0.29) is 23.0 Å². The molecule has 6 aromatic rings. The van der Waals surface area contributed by atoms with Crippen LogP contribution in [0.15, 0.2) is 91.3 Å². The second-order valence-corrected chi connectivity index (χ2v) is 15.5. The average Bonchev–Trinajstić information content (AvgIpc) is 3.54. The summed E-state index contributed by atoms with van der Waals surface area (Å²) < 4.78 is 53.7. The standard InChI is InChI=1S/C39H37F2N7O4S/c1-24-21-31(33(49)23-32(24)47-18-13-25(14-19-47)15-20-53(2,51)52)44-39-42-16-12-30(43-39)37-35(45-34-11-3-4-17-48(34)37)26-7-5-8-27(22-26)38(50)46-36-28(40)9-6-10-29(36)41/h3-12,16-17,21-23,25,49H,13-15,18-20H2,1-2H3,(H,46,50)(H,42,43,44). The van der Waals surface area contributed by atoms with Crippen LogP contribution in [0.4, 0.5) is 31.8 Å². The van der Waals surface area contributed by atoms with Crippen LogP contribution < -0.4 is 15.5 Å². The zero-order chi connectivity index (χ0) is 37.3. The average molecular weight is 738 g/mol. The fourth-order valence-electron chi connectivity index (χ4n) is 6.69. The lowest BCUT2D eigenvalue weighted by Crippen LogP contribution is -2.34. The molecule has 7 rings (SSSR count). The Morgan fingerprint density at radius 2 is 1.72 bits per heavy atom. The van der Waals surface area contributed by atoms with Crippen LogP contribution in [0.1, 0.15) is 35.2 Å². The van der Waals surface area contributed by atoms with Gasteiger partial charge in [-0.1, -0.05) is 24.3 Å². The van der Waals surface area contributed by atoms with Crippen molar-refractivity contribution in [2.75, 3.05) is 40.6 Å². The second-order valence-electron chi connectivity index (χ2n) is 13.3. The third-order valence-corrected chi connectivity index (χ3v) is 10.4. The molecule has 1 fully saturated rings. The lowest BCUT2D eigenvalue weighted by atomic mass is 9.93. The zero-order valence-corrected chi connectivity index (χ0v) is 29.9. The number of para-hydroxylation sites is 1. The number of phenolic OH excluding ortho intramolecular Hbond substituents is 1. The van der Waals surface area contributed by atoms with Crippen LogP contribution in [0.3, 0.4) is 0 Å². The Bertz CT molecular complexity index is 2430. The molecule has 0 spiro atoms. The van der Waals surface area contributed by atoms with Crippen LogP contribution in [-0.2, 0) is 9.84 Å². The van der Waals surface area contributed by atoms with E-state index in [0.29, 0.717) is 46.3 Å². The number of benzene rings is 3. The van der Waals surface area contributed by atoms with Crippen molar-refractivity contribution in [2.24, 2.45) is 5.92 Å². The number of aromatic nitrogens is 4. The SMILES string of the molecule is Cc1cc(Nc2nccc(-c3c(-c4cccc(C(=O)Nc5c(F)cccc5F)c4)nc4ccccn34)n2)c(O)cc1N1CCC(CCS(C)(=O)=O)CC1.